The Kier molecular flexibility index (Phi) is 3.61. The van der Waals surface area contributed by atoms with Crippen LogP contribution in [0, 0.1) is 6.92 Å². The van der Waals surface area contributed by atoms with Crippen LogP contribution in [-0.4, -0.2) is 0 Å². The zero-order valence-corrected chi connectivity index (χ0v) is 10.2. The molecule has 0 aliphatic rings. The molecule has 1 nitrogen and oxygen atoms in total. The average molecular weight is 224 g/mol. The Labute approximate surface area is 102 Å². The van der Waals surface area contributed by atoms with Crippen molar-refractivity contribution in [2.45, 2.75) is 13.8 Å². The van der Waals surface area contributed by atoms with Gasteiger partial charge in [-0.3, -0.25) is 0 Å². The van der Waals surface area contributed by atoms with Crippen molar-refractivity contribution >= 4 is 18.2 Å². The predicted octanol–water partition coefficient (Wildman–Crippen LogP) is 4.79. The molecule has 0 atom stereocenters. The Morgan fingerprint density at radius 2 is 1.47 bits per heavy atom. The monoisotopic (exact) mass is 224 g/mol. The van der Waals surface area contributed by atoms with Crippen molar-refractivity contribution in [2.24, 2.45) is 0 Å². The molecule has 2 rings (SSSR count). The summed E-state index contributed by atoms with van der Waals surface area (Å²) in [7, 11) is 0. The average Bonchev–Trinajstić information content (AvgIpc) is 2.77. The van der Waals surface area contributed by atoms with Crippen LogP contribution in [0.5, 0.6) is 0 Å². The molecule has 0 amide bonds. The van der Waals surface area contributed by atoms with Crippen LogP contribution in [0.1, 0.15) is 29.6 Å². The predicted molar refractivity (Wildman–Crippen MR) is 73.5 cm³/mol. The van der Waals surface area contributed by atoms with E-state index in [1.807, 2.05) is 37.3 Å². The molecule has 0 saturated heterocycles. The third-order valence-corrected chi connectivity index (χ3v) is 2.50. The number of rotatable bonds is 3. The topological polar surface area (TPSA) is 13.1 Å². The summed E-state index contributed by atoms with van der Waals surface area (Å²) >= 11 is 0. The Morgan fingerprint density at radius 1 is 0.824 bits per heavy atom. The van der Waals surface area contributed by atoms with Gasteiger partial charge < -0.3 is 4.42 Å². The lowest BCUT2D eigenvalue weighted by Crippen LogP contribution is -1.73. The number of benzene rings is 1. The van der Waals surface area contributed by atoms with Crippen LogP contribution in [0.4, 0.5) is 0 Å². The Balaban J connectivity index is 2.11. The van der Waals surface area contributed by atoms with E-state index in [1.165, 1.54) is 11.1 Å². The van der Waals surface area contributed by atoms with Crippen molar-refractivity contribution < 1.29 is 4.42 Å². The molecule has 0 saturated carbocycles. The molecule has 1 heterocycles. The highest BCUT2D eigenvalue weighted by molar-refractivity contribution is 5.67. The van der Waals surface area contributed by atoms with Crippen LogP contribution < -0.4 is 0 Å². The molecule has 2 aromatic rings. The molecular formula is C16H16O. The summed E-state index contributed by atoms with van der Waals surface area (Å²) in [6.45, 7) is 4.06. The van der Waals surface area contributed by atoms with Crippen molar-refractivity contribution in [2.75, 3.05) is 0 Å². The molecule has 0 fully saturated rings. The fraction of sp³-hybridized carbons (Fsp3) is 0.125. The third kappa shape index (κ3) is 3.22. The van der Waals surface area contributed by atoms with Gasteiger partial charge in [0.2, 0.25) is 0 Å². The summed E-state index contributed by atoms with van der Waals surface area (Å²) in [4.78, 5) is 0. The third-order valence-electron chi connectivity index (χ3n) is 2.50. The van der Waals surface area contributed by atoms with Crippen LogP contribution >= 0.6 is 0 Å². The van der Waals surface area contributed by atoms with Crippen LogP contribution in [0.15, 0.2) is 46.9 Å². The molecule has 1 heteroatoms. The van der Waals surface area contributed by atoms with E-state index in [0.29, 0.717) is 0 Å². The maximum atomic E-state index is 5.60. The van der Waals surface area contributed by atoms with Gasteiger partial charge in [-0.2, -0.15) is 0 Å². The smallest absolute Gasteiger partial charge is 0.127 e. The van der Waals surface area contributed by atoms with Gasteiger partial charge in [0.1, 0.15) is 11.5 Å². The highest BCUT2D eigenvalue weighted by atomic mass is 16.3. The first kappa shape index (κ1) is 11.5. The van der Waals surface area contributed by atoms with Gasteiger partial charge in [-0.1, -0.05) is 42.0 Å². The summed E-state index contributed by atoms with van der Waals surface area (Å²) in [6, 6.07) is 12.3. The van der Waals surface area contributed by atoms with E-state index in [-0.39, 0.29) is 0 Å². The summed E-state index contributed by atoms with van der Waals surface area (Å²) in [5.41, 5.74) is 2.45. The molecule has 0 spiro atoms. The first-order valence-electron chi connectivity index (χ1n) is 5.75. The maximum Gasteiger partial charge on any atom is 0.127 e. The van der Waals surface area contributed by atoms with E-state index in [1.54, 1.807) is 0 Å². The van der Waals surface area contributed by atoms with Crippen molar-refractivity contribution in [3.63, 3.8) is 0 Å². The van der Waals surface area contributed by atoms with Gasteiger partial charge in [0.15, 0.2) is 0 Å². The van der Waals surface area contributed by atoms with E-state index >= 15 is 0 Å². The summed E-state index contributed by atoms with van der Waals surface area (Å²) in [5, 5.41) is 0. The van der Waals surface area contributed by atoms with Gasteiger partial charge in [-0.25, -0.2) is 0 Å². The highest BCUT2D eigenvalue weighted by Crippen LogP contribution is 2.13. The molecule has 1 aromatic heterocycles. The van der Waals surface area contributed by atoms with Gasteiger partial charge >= 0.3 is 0 Å². The second kappa shape index (κ2) is 5.35. The Morgan fingerprint density at radius 3 is 2.12 bits per heavy atom. The zero-order chi connectivity index (χ0) is 12.1. The zero-order valence-electron chi connectivity index (χ0n) is 10.2. The minimum atomic E-state index is 0.874. The van der Waals surface area contributed by atoms with Crippen LogP contribution in [0.2, 0.25) is 0 Å². The molecule has 17 heavy (non-hydrogen) atoms. The van der Waals surface area contributed by atoms with Gasteiger partial charge in [0.05, 0.1) is 0 Å². The van der Waals surface area contributed by atoms with Gasteiger partial charge in [-0.15, -0.1) is 0 Å². The molecule has 0 aliphatic carbocycles. The molecular weight excluding hydrogens is 208 g/mol. The lowest BCUT2D eigenvalue weighted by Gasteiger charge is -1.93. The van der Waals surface area contributed by atoms with Crippen LogP contribution in [-0.2, 0) is 0 Å². The van der Waals surface area contributed by atoms with Crippen LogP contribution in [0.25, 0.3) is 18.2 Å². The number of hydrogen-bond donors (Lipinski definition) is 0. The number of allylic oxidation sites excluding steroid dienone is 1. The molecule has 0 radical (unpaired) electrons. The highest BCUT2D eigenvalue weighted by Gasteiger charge is 1.94. The van der Waals surface area contributed by atoms with Gasteiger partial charge in [0, 0.05) is 0 Å². The van der Waals surface area contributed by atoms with E-state index < -0.39 is 0 Å². The summed E-state index contributed by atoms with van der Waals surface area (Å²) in [6.07, 6.45) is 7.95. The Bertz CT molecular complexity index is 527. The maximum absolute atomic E-state index is 5.60. The van der Waals surface area contributed by atoms with Crippen molar-refractivity contribution in [3.05, 3.63) is 65.1 Å². The normalized spacial score (nSPS) is 11.6. The minimum absolute atomic E-state index is 0.874. The summed E-state index contributed by atoms with van der Waals surface area (Å²) < 4.78 is 5.60. The van der Waals surface area contributed by atoms with E-state index in [9.17, 15) is 0 Å². The molecule has 86 valence electrons. The second-order valence-electron chi connectivity index (χ2n) is 3.98. The largest absolute Gasteiger partial charge is 0.457 e. The standard InChI is InChI=1S/C16H16O/c1-3-4-15-11-12-16(17-15)10-9-14-7-5-13(2)6-8-14/h3-12H,1-2H3. The first-order chi connectivity index (χ1) is 8.28. The number of aryl methyl sites for hydroxylation is 1. The van der Waals surface area contributed by atoms with Crippen LogP contribution in [0.3, 0.4) is 0 Å². The summed E-state index contributed by atoms with van der Waals surface area (Å²) in [5.74, 6) is 1.76. The van der Waals surface area contributed by atoms with E-state index in [2.05, 4.69) is 37.3 Å². The quantitative estimate of drug-likeness (QED) is 0.730. The van der Waals surface area contributed by atoms with Crippen molar-refractivity contribution in [3.8, 4) is 0 Å². The Hall–Kier alpha value is -2.02. The molecule has 0 unspecified atom stereocenters. The van der Waals surface area contributed by atoms with E-state index in [0.717, 1.165) is 11.5 Å². The SMILES string of the molecule is CC=Cc1ccc(C=Cc2ccc(C)cc2)o1. The fourth-order valence-electron chi connectivity index (χ4n) is 1.57. The molecule has 0 bridgehead atoms. The molecule has 0 aliphatic heterocycles. The van der Waals surface area contributed by atoms with E-state index in [4.69, 9.17) is 4.42 Å². The van der Waals surface area contributed by atoms with Crippen molar-refractivity contribution in [1.29, 1.82) is 0 Å². The fourth-order valence-corrected chi connectivity index (χ4v) is 1.57. The minimum Gasteiger partial charge on any atom is -0.457 e. The first-order valence-corrected chi connectivity index (χ1v) is 5.75. The number of hydrogen-bond acceptors (Lipinski definition) is 1. The van der Waals surface area contributed by atoms with Gasteiger partial charge in [-0.05, 0) is 43.7 Å². The number of furan rings is 1. The van der Waals surface area contributed by atoms with Crippen molar-refractivity contribution in [1.82, 2.24) is 0 Å². The second-order valence-corrected chi connectivity index (χ2v) is 3.98. The lowest BCUT2D eigenvalue weighted by atomic mass is 10.1. The lowest BCUT2D eigenvalue weighted by molar-refractivity contribution is 0.547. The molecule has 1 aromatic carbocycles. The van der Waals surface area contributed by atoms with Gasteiger partial charge in [0.25, 0.3) is 0 Å². The molecule has 0 N–H and O–H groups in total.